The quantitative estimate of drug-likeness (QED) is 0.632. The Balaban J connectivity index is 2.86. The molecule has 0 unspecified atom stereocenters. The van der Waals surface area contributed by atoms with Crippen molar-refractivity contribution in [2.75, 3.05) is 32.3 Å². The highest BCUT2D eigenvalue weighted by Gasteiger charge is 1.98. The van der Waals surface area contributed by atoms with Crippen LogP contribution >= 0.6 is 7.92 Å². The normalized spacial score (nSPS) is 10.4. The van der Waals surface area contributed by atoms with Gasteiger partial charge in [-0.1, -0.05) is 20.1 Å². The van der Waals surface area contributed by atoms with Crippen LogP contribution in [0, 0.1) is 0 Å². The molecule has 0 radical (unpaired) electrons. The third-order valence-corrected chi connectivity index (χ3v) is 3.21. The molecule has 1 aromatic rings. The van der Waals surface area contributed by atoms with Gasteiger partial charge in [0.2, 0.25) is 0 Å². The Morgan fingerprint density at radius 2 is 1.50 bits per heavy atom. The molecule has 66 valence electrons. The smallest absolute Gasteiger partial charge is 0.0361 e. The zero-order chi connectivity index (χ0) is 9.14. The Labute approximate surface area is 76.2 Å². The lowest BCUT2D eigenvalue weighted by Crippen LogP contribution is -2.09. The van der Waals surface area contributed by atoms with Crippen LogP contribution in [0.2, 0.25) is 0 Å². The van der Waals surface area contributed by atoms with Gasteiger partial charge in [0.05, 0.1) is 0 Å². The van der Waals surface area contributed by atoms with Crippen LogP contribution in [0.1, 0.15) is 0 Å². The van der Waals surface area contributed by atoms with Crippen LogP contribution in [-0.2, 0) is 0 Å². The summed E-state index contributed by atoms with van der Waals surface area (Å²) in [6.45, 7) is 4.56. The van der Waals surface area contributed by atoms with E-state index >= 15 is 0 Å². The summed E-state index contributed by atoms with van der Waals surface area (Å²) < 4.78 is 0. The number of anilines is 1. The Bertz CT molecular complexity index is 212. The second-order valence-corrected chi connectivity index (χ2v) is 5.61. The summed E-state index contributed by atoms with van der Waals surface area (Å²) in [5, 5.41) is 1.47. The molecule has 0 spiro atoms. The predicted molar refractivity (Wildman–Crippen MR) is 59.2 cm³/mol. The minimum absolute atomic E-state index is 0.0542. The molecule has 0 amide bonds. The minimum atomic E-state index is 0.0542. The lowest BCUT2D eigenvalue weighted by Gasteiger charge is -2.13. The van der Waals surface area contributed by atoms with E-state index in [1.54, 1.807) is 0 Å². The summed E-state index contributed by atoms with van der Waals surface area (Å²) in [6.07, 6.45) is 0. The van der Waals surface area contributed by atoms with E-state index in [0.717, 1.165) is 0 Å². The summed E-state index contributed by atoms with van der Waals surface area (Å²) in [6, 6.07) is 8.80. The molecule has 0 aliphatic rings. The number of rotatable bonds is 2. The van der Waals surface area contributed by atoms with Crippen molar-refractivity contribution in [3.63, 3.8) is 0 Å². The van der Waals surface area contributed by atoms with Crippen LogP contribution in [0.4, 0.5) is 5.69 Å². The van der Waals surface area contributed by atoms with Crippen molar-refractivity contribution in [2.24, 2.45) is 0 Å². The number of hydrogen-bond acceptors (Lipinski definition) is 1. The first-order valence-corrected chi connectivity index (χ1v) is 6.29. The molecule has 0 N–H and O–H groups in total. The summed E-state index contributed by atoms with van der Waals surface area (Å²) in [5.41, 5.74) is 1.27. The van der Waals surface area contributed by atoms with E-state index in [2.05, 4.69) is 56.6 Å². The molecular formula is C10H16NP. The topological polar surface area (TPSA) is 3.24 Å². The molecule has 1 nitrogen and oxygen atoms in total. The molecule has 0 fully saturated rings. The molecule has 0 atom stereocenters. The monoisotopic (exact) mass is 181 g/mol. The fourth-order valence-electron chi connectivity index (χ4n) is 1.05. The maximum Gasteiger partial charge on any atom is 0.0361 e. The van der Waals surface area contributed by atoms with E-state index in [1.807, 2.05) is 0 Å². The first-order chi connectivity index (χ1) is 5.61. The summed E-state index contributed by atoms with van der Waals surface area (Å²) in [4.78, 5) is 2.12. The van der Waals surface area contributed by atoms with Crippen LogP contribution < -0.4 is 10.2 Å². The zero-order valence-corrected chi connectivity index (χ0v) is 9.10. The van der Waals surface area contributed by atoms with Gasteiger partial charge in [-0.3, -0.25) is 0 Å². The van der Waals surface area contributed by atoms with E-state index in [-0.39, 0.29) is 7.92 Å². The SMILES string of the molecule is CN(C)c1ccc(P(C)C)cc1. The number of hydrogen-bond donors (Lipinski definition) is 0. The number of benzene rings is 1. The van der Waals surface area contributed by atoms with Gasteiger partial charge >= 0.3 is 0 Å². The van der Waals surface area contributed by atoms with E-state index in [1.165, 1.54) is 11.0 Å². The van der Waals surface area contributed by atoms with E-state index in [9.17, 15) is 0 Å². The highest BCUT2D eigenvalue weighted by Crippen LogP contribution is 2.24. The molecule has 0 aliphatic heterocycles. The third kappa shape index (κ3) is 2.22. The van der Waals surface area contributed by atoms with Gasteiger partial charge in [-0.05, 0) is 30.8 Å². The Morgan fingerprint density at radius 3 is 1.83 bits per heavy atom. The predicted octanol–water partition coefficient (Wildman–Crippen LogP) is 2.12. The highest BCUT2D eigenvalue weighted by atomic mass is 31.1. The number of nitrogens with zero attached hydrogens (tertiary/aromatic N) is 1. The lowest BCUT2D eigenvalue weighted by molar-refractivity contribution is 1.13. The van der Waals surface area contributed by atoms with Gasteiger partial charge in [0.15, 0.2) is 0 Å². The zero-order valence-electron chi connectivity index (χ0n) is 8.20. The molecule has 0 saturated carbocycles. The molecule has 2 heteroatoms. The summed E-state index contributed by atoms with van der Waals surface area (Å²) >= 11 is 0. The van der Waals surface area contributed by atoms with Gasteiger partial charge in [-0.15, -0.1) is 0 Å². The van der Waals surface area contributed by atoms with E-state index < -0.39 is 0 Å². The van der Waals surface area contributed by atoms with Gasteiger partial charge in [0.25, 0.3) is 0 Å². The molecule has 0 aromatic heterocycles. The average Bonchev–Trinajstić information content (AvgIpc) is 2.04. The van der Waals surface area contributed by atoms with Crippen LogP contribution in [0.5, 0.6) is 0 Å². The lowest BCUT2D eigenvalue weighted by atomic mass is 10.3. The van der Waals surface area contributed by atoms with Crippen LogP contribution in [0.15, 0.2) is 24.3 Å². The molecule has 0 heterocycles. The summed E-state index contributed by atoms with van der Waals surface area (Å²) in [7, 11) is 4.18. The van der Waals surface area contributed by atoms with Gasteiger partial charge in [0, 0.05) is 19.8 Å². The first-order valence-electron chi connectivity index (χ1n) is 4.06. The third-order valence-electron chi connectivity index (χ3n) is 1.88. The Morgan fingerprint density at radius 1 is 1.00 bits per heavy atom. The molecule has 1 rings (SSSR count). The maximum atomic E-state index is 2.28. The maximum absolute atomic E-state index is 2.28. The average molecular weight is 181 g/mol. The molecule has 0 saturated heterocycles. The second-order valence-electron chi connectivity index (χ2n) is 3.31. The Kier molecular flexibility index (Phi) is 3.11. The van der Waals surface area contributed by atoms with E-state index in [0.29, 0.717) is 0 Å². The largest absolute Gasteiger partial charge is 0.378 e. The van der Waals surface area contributed by atoms with Crippen LogP contribution in [0.25, 0.3) is 0 Å². The Hall–Kier alpha value is -0.550. The second kappa shape index (κ2) is 3.91. The van der Waals surface area contributed by atoms with Crippen molar-refractivity contribution in [3.8, 4) is 0 Å². The molecule has 1 aromatic carbocycles. The van der Waals surface area contributed by atoms with Crippen molar-refractivity contribution in [3.05, 3.63) is 24.3 Å². The standard InChI is InChI=1S/C10H16NP/c1-11(2)9-5-7-10(8-6-9)12(3)4/h5-8H,1-4H3. The minimum Gasteiger partial charge on any atom is -0.378 e. The van der Waals surface area contributed by atoms with Gasteiger partial charge in [-0.25, -0.2) is 0 Å². The first kappa shape index (κ1) is 9.54. The van der Waals surface area contributed by atoms with Crippen molar-refractivity contribution in [2.45, 2.75) is 0 Å². The van der Waals surface area contributed by atoms with Crippen molar-refractivity contribution >= 4 is 18.9 Å². The highest BCUT2D eigenvalue weighted by molar-refractivity contribution is 7.64. The molecular weight excluding hydrogens is 165 g/mol. The van der Waals surface area contributed by atoms with Crippen molar-refractivity contribution in [1.82, 2.24) is 0 Å². The van der Waals surface area contributed by atoms with Gasteiger partial charge < -0.3 is 4.90 Å². The fraction of sp³-hybridized carbons (Fsp3) is 0.400. The molecule has 0 aliphatic carbocycles. The van der Waals surface area contributed by atoms with Crippen LogP contribution in [0.3, 0.4) is 0 Å². The van der Waals surface area contributed by atoms with E-state index in [4.69, 9.17) is 0 Å². The van der Waals surface area contributed by atoms with Gasteiger partial charge in [-0.2, -0.15) is 0 Å². The molecule has 12 heavy (non-hydrogen) atoms. The molecule has 0 bridgehead atoms. The fourth-order valence-corrected chi connectivity index (χ4v) is 1.79. The van der Waals surface area contributed by atoms with Crippen molar-refractivity contribution in [1.29, 1.82) is 0 Å². The summed E-state index contributed by atoms with van der Waals surface area (Å²) in [5.74, 6) is 0. The van der Waals surface area contributed by atoms with Gasteiger partial charge in [0.1, 0.15) is 0 Å². The van der Waals surface area contributed by atoms with Crippen molar-refractivity contribution < 1.29 is 0 Å². The van der Waals surface area contributed by atoms with Crippen LogP contribution in [-0.4, -0.2) is 27.4 Å².